The Labute approximate surface area is 214 Å². The van der Waals surface area contributed by atoms with Crippen LogP contribution in [0.2, 0.25) is 5.02 Å². The lowest BCUT2D eigenvalue weighted by Gasteiger charge is -2.27. The van der Waals surface area contributed by atoms with Gasteiger partial charge in [-0.05, 0) is 60.4 Å². The molecule has 36 heavy (non-hydrogen) atoms. The van der Waals surface area contributed by atoms with Crippen LogP contribution in [0.5, 0.6) is 11.5 Å². The van der Waals surface area contributed by atoms with Gasteiger partial charge in [-0.3, -0.25) is 19.3 Å². The molecule has 1 heterocycles. The summed E-state index contributed by atoms with van der Waals surface area (Å²) in [5.74, 6) is -0.672. The van der Waals surface area contributed by atoms with Crippen molar-refractivity contribution in [2.45, 2.75) is 26.9 Å². The number of hydrogen-bond acceptors (Lipinski definition) is 7. The minimum Gasteiger partial charge on any atom is -0.493 e. The fourth-order valence-corrected chi connectivity index (χ4v) is 3.70. The van der Waals surface area contributed by atoms with E-state index in [4.69, 9.17) is 25.8 Å². The average Bonchev–Trinajstić information content (AvgIpc) is 2.86. The molecular weight excluding hydrogens is 484 g/mol. The van der Waals surface area contributed by atoms with Gasteiger partial charge < -0.3 is 14.2 Å². The van der Waals surface area contributed by atoms with Gasteiger partial charge >= 0.3 is 5.97 Å². The standard InChI is InChI=1S/C27H25ClN2O6/c1-17-22(26(32)30(27(33)23(17)15-29)11-4-12-35-18(2)31)13-20-7-10-24(25(14-20)34-3)36-16-19-5-8-21(28)9-6-19/h5-10,13-14H,4,11-12,16H2,1-3H3/b22-13+. The molecule has 3 rings (SSSR count). The first kappa shape index (κ1) is 26.5. The molecule has 1 aliphatic heterocycles. The summed E-state index contributed by atoms with van der Waals surface area (Å²) in [6, 6.07) is 14.4. The molecule has 0 unspecified atom stereocenters. The van der Waals surface area contributed by atoms with Gasteiger partial charge in [-0.15, -0.1) is 0 Å². The normalized spacial score (nSPS) is 14.6. The van der Waals surface area contributed by atoms with Gasteiger partial charge in [0.05, 0.1) is 13.7 Å². The lowest BCUT2D eigenvalue weighted by molar-refractivity contribution is -0.141. The second-order valence-corrected chi connectivity index (χ2v) is 8.39. The largest absolute Gasteiger partial charge is 0.493 e. The van der Waals surface area contributed by atoms with E-state index in [1.165, 1.54) is 14.0 Å². The van der Waals surface area contributed by atoms with Gasteiger partial charge in [0.25, 0.3) is 11.8 Å². The zero-order chi connectivity index (χ0) is 26.2. The third-order valence-corrected chi connectivity index (χ3v) is 5.72. The number of carbonyl (C=O) groups is 3. The lowest BCUT2D eigenvalue weighted by Crippen LogP contribution is -2.43. The maximum atomic E-state index is 13.2. The minimum atomic E-state index is -0.663. The maximum absolute atomic E-state index is 13.2. The van der Waals surface area contributed by atoms with E-state index in [2.05, 4.69) is 0 Å². The lowest BCUT2D eigenvalue weighted by atomic mass is 9.93. The predicted molar refractivity (Wildman–Crippen MR) is 133 cm³/mol. The van der Waals surface area contributed by atoms with Crippen molar-refractivity contribution in [1.82, 2.24) is 4.90 Å². The Morgan fingerprint density at radius 2 is 1.83 bits per heavy atom. The van der Waals surface area contributed by atoms with Crippen molar-refractivity contribution in [1.29, 1.82) is 5.26 Å². The zero-order valence-electron chi connectivity index (χ0n) is 20.2. The van der Waals surface area contributed by atoms with Crippen molar-refractivity contribution >= 4 is 35.5 Å². The molecule has 2 amide bonds. The Morgan fingerprint density at radius 1 is 1.11 bits per heavy atom. The van der Waals surface area contributed by atoms with Crippen molar-refractivity contribution in [3.8, 4) is 17.6 Å². The van der Waals surface area contributed by atoms with E-state index in [9.17, 15) is 19.6 Å². The van der Waals surface area contributed by atoms with E-state index in [1.807, 2.05) is 18.2 Å². The van der Waals surface area contributed by atoms with Crippen LogP contribution in [-0.2, 0) is 25.7 Å². The van der Waals surface area contributed by atoms with E-state index >= 15 is 0 Å². The highest BCUT2D eigenvalue weighted by molar-refractivity contribution is 6.30. The number of benzene rings is 2. The third kappa shape index (κ3) is 6.32. The quantitative estimate of drug-likeness (QED) is 0.213. The number of nitriles is 1. The molecule has 0 fully saturated rings. The fourth-order valence-electron chi connectivity index (χ4n) is 3.57. The van der Waals surface area contributed by atoms with Crippen LogP contribution in [0.3, 0.4) is 0 Å². The smallest absolute Gasteiger partial charge is 0.302 e. The van der Waals surface area contributed by atoms with Gasteiger partial charge in [-0.2, -0.15) is 5.26 Å². The van der Waals surface area contributed by atoms with Crippen LogP contribution in [0.4, 0.5) is 0 Å². The second kappa shape index (κ2) is 12.0. The number of imide groups is 1. The summed E-state index contributed by atoms with van der Waals surface area (Å²) in [6.45, 7) is 3.23. The van der Waals surface area contributed by atoms with Crippen LogP contribution in [0.1, 0.15) is 31.4 Å². The molecule has 1 aliphatic rings. The Kier molecular flexibility index (Phi) is 8.87. The number of ether oxygens (including phenoxy) is 3. The Hall–Kier alpha value is -4.09. The van der Waals surface area contributed by atoms with Crippen molar-refractivity contribution in [3.63, 3.8) is 0 Å². The van der Waals surface area contributed by atoms with E-state index in [-0.39, 0.29) is 30.7 Å². The summed E-state index contributed by atoms with van der Waals surface area (Å²) < 4.78 is 16.2. The number of esters is 1. The highest BCUT2D eigenvalue weighted by atomic mass is 35.5. The predicted octanol–water partition coefficient (Wildman–Crippen LogP) is 4.47. The molecule has 9 heteroatoms. The van der Waals surface area contributed by atoms with Crippen LogP contribution in [0.15, 0.2) is 59.2 Å². The molecular formula is C27H25ClN2O6. The van der Waals surface area contributed by atoms with Crippen molar-refractivity contribution in [2.24, 2.45) is 0 Å². The van der Waals surface area contributed by atoms with E-state index in [0.29, 0.717) is 34.3 Å². The first-order valence-corrected chi connectivity index (χ1v) is 11.5. The molecule has 186 valence electrons. The van der Waals surface area contributed by atoms with Gasteiger partial charge in [0.1, 0.15) is 18.2 Å². The molecule has 0 saturated carbocycles. The van der Waals surface area contributed by atoms with Crippen LogP contribution >= 0.6 is 11.6 Å². The Bertz CT molecular complexity index is 1270. The molecule has 0 radical (unpaired) electrons. The SMILES string of the molecule is COc1cc(/C=C2/C(=O)N(CCCOC(C)=O)C(=O)C(C#N)=C2C)ccc1OCc1ccc(Cl)cc1. The van der Waals surface area contributed by atoms with E-state index in [0.717, 1.165) is 10.5 Å². The molecule has 0 spiro atoms. The molecule has 0 atom stereocenters. The number of nitrogens with zero attached hydrogens (tertiary/aromatic N) is 2. The number of amides is 2. The number of hydrogen-bond donors (Lipinski definition) is 0. The number of rotatable bonds is 9. The number of halogens is 1. The highest BCUT2D eigenvalue weighted by Crippen LogP contribution is 2.32. The molecule has 2 aromatic rings. The molecule has 2 aromatic carbocycles. The molecule has 0 saturated heterocycles. The summed E-state index contributed by atoms with van der Waals surface area (Å²) in [7, 11) is 1.51. The van der Waals surface area contributed by atoms with Gasteiger partial charge in [-0.1, -0.05) is 29.8 Å². The molecule has 0 aromatic heterocycles. The van der Waals surface area contributed by atoms with Crippen molar-refractivity contribution in [2.75, 3.05) is 20.3 Å². The third-order valence-electron chi connectivity index (χ3n) is 5.46. The van der Waals surface area contributed by atoms with Crippen LogP contribution in [0.25, 0.3) is 6.08 Å². The number of carbonyl (C=O) groups excluding carboxylic acids is 3. The summed E-state index contributed by atoms with van der Waals surface area (Å²) in [5.41, 5.74) is 1.97. The summed E-state index contributed by atoms with van der Waals surface area (Å²) in [4.78, 5) is 37.8. The van der Waals surface area contributed by atoms with Crippen LogP contribution in [-0.4, -0.2) is 42.9 Å². The Morgan fingerprint density at radius 3 is 2.47 bits per heavy atom. The average molecular weight is 509 g/mol. The van der Waals surface area contributed by atoms with E-state index < -0.39 is 17.8 Å². The summed E-state index contributed by atoms with van der Waals surface area (Å²) >= 11 is 5.92. The number of methoxy groups -OCH3 is 1. The zero-order valence-corrected chi connectivity index (χ0v) is 20.9. The molecule has 0 N–H and O–H groups in total. The Balaban J connectivity index is 1.84. The molecule has 0 aliphatic carbocycles. The van der Waals surface area contributed by atoms with Gasteiger partial charge in [-0.25, -0.2) is 0 Å². The van der Waals surface area contributed by atoms with Crippen LogP contribution in [0, 0.1) is 11.3 Å². The highest BCUT2D eigenvalue weighted by Gasteiger charge is 2.35. The van der Waals surface area contributed by atoms with Crippen molar-refractivity contribution < 1.29 is 28.6 Å². The molecule has 0 bridgehead atoms. The second-order valence-electron chi connectivity index (χ2n) is 7.95. The van der Waals surface area contributed by atoms with Gasteiger partial charge in [0.2, 0.25) is 0 Å². The maximum Gasteiger partial charge on any atom is 0.302 e. The first-order chi connectivity index (χ1) is 17.2. The van der Waals surface area contributed by atoms with Crippen LogP contribution < -0.4 is 9.47 Å². The fraction of sp³-hybridized carbons (Fsp3) is 0.259. The summed E-state index contributed by atoms with van der Waals surface area (Å²) in [5, 5.41) is 10.2. The first-order valence-electron chi connectivity index (χ1n) is 11.1. The minimum absolute atomic E-state index is 0.0154. The topological polar surface area (TPSA) is 106 Å². The summed E-state index contributed by atoms with van der Waals surface area (Å²) in [6.07, 6.45) is 1.86. The van der Waals surface area contributed by atoms with Gasteiger partial charge in [0.15, 0.2) is 11.5 Å². The van der Waals surface area contributed by atoms with E-state index in [1.54, 1.807) is 43.3 Å². The van der Waals surface area contributed by atoms with Gasteiger partial charge in [0, 0.05) is 24.1 Å². The monoisotopic (exact) mass is 508 g/mol. The van der Waals surface area contributed by atoms with Crippen molar-refractivity contribution in [3.05, 3.63) is 75.3 Å². The molecule has 8 nitrogen and oxygen atoms in total.